The van der Waals surface area contributed by atoms with Gasteiger partial charge in [0.25, 0.3) is 0 Å². The summed E-state index contributed by atoms with van der Waals surface area (Å²) < 4.78 is 76.9. The predicted octanol–water partition coefficient (Wildman–Crippen LogP) is 4.83. The van der Waals surface area contributed by atoms with Crippen LogP contribution >= 0.6 is 11.3 Å². The van der Waals surface area contributed by atoms with Crippen LogP contribution in [0.2, 0.25) is 0 Å². The summed E-state index contributed by atoms with van der Waals surface area (Å²) in [4.78, 5) is 0. The zero-order chi connectivity index (χ0) is 15.8. The zero-order valence-electron chi connectivity index (χ0n) is 10.3. The molecule has 21 heavy (non-hydrogen) atoms. The van der Waals surface area contributed by atoms with Crippen LogP contribution in [0.15, 0.2) is 35.0 Å². The molecule has 0 spiro atoms. The fourth-order valence-corrected chi connectivity index (χ4v) is 2.58. The number of hydrogen-bond donors (Lipinski definition) is 1. The highest BCUT2D eigenvalue weighted by Gasteiger charge is 2.38. The molecule has 0 aliphatic carbocycles. The minimum Gasteiger partial charge on any atom is -0.320 e. The molecule has 2 rings (SSSR count). The number of hydrogen-bond acceptors (Lipinski definition) is 2. The summed E-state index contributed by atoms with van der Waals surface area (Å²) in [5, 5.41) is 3.10. The highest BCUT2D eigenvalue weighted by Crippen LogP contribution is 2.39. The maximum absolute atomic E-state index is 12.9. The van der Waals surface area contributed by atoms with Gasteiger partial charge in [0.05, 0.1) is 17.2 Å². The van der Waals surface area contributed by atoms with Crippen LogP contribution in [0.4, 0.5) is 26.3 Å². The van der Waals surface area contributed by atoms with Gasteiger partial charge in [0.2, 0.25) is 0 Å². The molecule has 1 heterocycles. The van der Waals surface area contributed by atoms with Crippen LogP contribution in [-0.2, 0) is 12.4 Å². The second-order valence-corrected chi connectivity index (χ2v) is 5.11. The Kier molecular flexibility index (Phi) is 4.03. The molecule has 114 valence electrons. The van der Waals surface area contributed by atoms with Crippen molar-refractivity contribution < 1.29 is 26.3 Å². The Labute approximate surface area is 120 Å². The van der Waals surface area contributed by atoms with Gasteiger partial charge in [-0.2, -0.15) is 37.7 Å². The van der Waals surface area contributed by atoms with Gasteiger partial charge in [-0.25, -0.2) is 0 Å². The average molecular weight is 325 g/mol. The van der Waals surface area contributed by atoms with E-state index in [1.807, 2.05) is 0 Å². The predicted molar refractivity (Wildman–Crippen MR) is 66.8 cm³/mol. The molecule has 8 heteroatoms. The normalized spacial score (nSPS) is 14.2. The van der Waals surface area contributed by atoms with E-state index in [-0.39, 0.29) is 0 Å². The fourth-order valence-electron chi connectivity index (χ4n) is 1.89. The van der Waals surface area contributed by atoms with E-state index < -0.39 is 35.1 Å². The molecule has 0 saturated heterocycles. The van der Waals surface area contributed by atoms with Gasteiger partial charge >= 0.3 is 12.4 Å². The molecule has 0 amide bonds. The van der Waals surface area contributed by atoms with E-state index in [2.05, 4.69) is 0 Å². The van der Waals surface area contributed by atoms with Crippen molar-refractivity contribution in [3.05, 3.63) is 57.3 Å². The minimum atomic E-state index is -4.77. The number of thiophene rings is 1. The molecule has 0 fully saturated rings. The van der Waals surface area contributed by atoms with Crippen LogP contribution in [-0.4, -0.2) is 0 Å². The van der Waals surface area contributed by atoms with E-state index in [4.69, 9.17) is 5.73 Å². The fraction of sp³-hybridized carbons (Fsp3) is 0.231. The van der Waals surface area contributed by atoms with E-state index in [1.165, 1.54) is 22.8 Å². The average Bonchev–Trinajstić information content (AvgIpc) is 2.88. The van der Waals surface area contributed by atoms with Gasteiger partial charge in [0, 0.05) is 0 Å². The molecule has 0 aliphatic rings. The Hall–Kier alpha value is -1.54. The summed E-state index contributed by atoms with van der Waals surface area (Å²) in [6, 6.07) is 1.51. The van der Waals surface area contributed by atoms with Crippen molar-refractivity contribution in [3.8, 4) is 0 Å². The van der Waals surface area contributed by atoms with Crippen LogP contribution in [0.5, 0.6) is 0 Å². The second-order valence-electron chi connectivity index (χ2n) is 4.33. The molecule has 0 unspecified atom stereocenters. The van der Waals surface area contributed by atoms with Crippen molar-refractivity contribution in [2.45, 2.75) is 18.4 Å². The number of alkyl halides is 6. The Morgan fingerprint density at radius 2 is 1.62 bits per heavy atom. The molecular weight excluding hydrogens is 316 g/mol. The van der Waals surface area contributed by atoms with Gasteiger partial charge in [-0.3, -0.25) is 0 Å². The van der Waals surface area contributed by atoms with E-state index in [0.717, 1.165) is 0 Å². The second kappa shape index (κ2) is 5.34. The molecule has 2 N–H and O–H groups in total. The lowest BCUT2D eigenvalue weighted by atomic mass is 9.94. The molecule has 2 aromatic rings. The smallest absolute Gasteiger partial charge is 0.320 e. The van der Waals surface area contributed by atoms with Gasteiger partial charge in [0.15, 0.2) is 0 Å². The van der Waals surface area contributed by atoms with Crippen molar-refractivity contribution in [3.63, 3.8) is 0 Å². The minimum absolute atomic E-state index is 0.338. The van der Waals surface area contributed by atoms with E-state index in [1.54, 1.807) is 5.38 Å². The molecule has 1 aromatic carbocycles. The summed E-state index contributed by atoms with van der Waals surface area (Å²) in [5.74, 6) is 0. The van der Waals surface area contributed by atoms with Gasteiger partial charge in [-0.15, -0.1) is 0 Å². The standard InChI is InChI=1S/C13H9F6NS/c14-12(15,16)8-1-2-10(13(17,18)19)9(5-8)11(20)7-3-4-21-6-7/h1-6,11H,20H2/t11-/m1/s1. The number of rotatable bonds is 2. The topological polar surface area (TPSA) is 26.0 Å². The van der Waals surface area contributed by atoms with E-state index in [9.17, 15) is 26.3 Å². The molecular formula is C13H9F6NS. The maximum atomic E-state index is 12.9. The van der Waals surface area contributed by atoms with E-state index in [0.29, 0.717) is 23.8 Å². The molecule has 0 radical (unpaired) electrons. The Morgan fingerprint density at radius 1 is 0.952 bits per heavy atom. The number of halogens is 6. The molecule has 1 aromatic heterocycles. The van der Waals surface area contributed by atoms with Crippen molar-refractivity contribution in [2.24, 2.45) is 5.73 Å². The van der Waals surface area contributed by atoms with Crippen LogP contribution in [0.25, 0.3) is 0 Å². The van der Waals surface area contributed by atoms with E-state index >= 15 is 0 Å². The summed E-state index contributed by atoms with van der Waals surface area (Å²) in [7, 11) is 0. The Morgan fingerprint density at radius 3 is 2.10 bits per heavy atom. The SMILES string of the molecule is N[C@H](c1ccsc1)c1cc(C(F)(F)F)ccc1C(F)(F)F. The summed E-state index contributed by atoms with van der Waals surface area (Å²) in [5.41, 5.74) is 3.15. The van der Waals surface area contributed by atoms with Gasteiger partial charge < -0.3 is 5.73 Å². The van der Waals surface area contributed by atoms with Crippen molar-refractivity contribution in [2.75, 3.05) is 0 Å². The van der Waals surface area contributed by atoms with Crippen LogP contribution in [0, 0.1) is 0 Å². The first-order valence-electron chi connectivity index (χ1n) is 5.66. The van der Waals surface area contributed by atoms with Crippen molar-refractivity contribution >= 4 is 11.3 Å². The lowest BCUT2D eigenvalue weighted by Gasteiger charge is -2.19. The summed E-state index contributed by atoms with van der Waals surface area (Å²) in [6.45, 7) is 0. The first-order chi connectivity index (χ1) is 9.60. The Bertz CT molecular complexity index is 615. The number of nitrogens with two attached hydrogens (primary N) is 1. The molecule has 1 atom stereocenters. The largest absolute Gasteiger partial charge is 0.416 e. The third-order valence-electron chi connectivity index (χ3n) is 2.92. The molecule has 0 aliphatic heterocycles. The highest BCUT2D eigenvalue weighted by atomic mass is 32.1. The van der Waals surface area contributed by atoms with Gasteiger partial charge in [-0.05, 0) is 46.2 Å². The third-order valence-corrected chi connectivity index (χ3v) is 3.62. The number of benzene rings is 1. The van der Waals surface area contributed by atoms with Gasteiger partial charge in [-0.1, -0.05) is 0 Å². The lowest BCUT2D eigenvalue weighted by Crippen LogP contribution is -2.19. The molecule has 1 nitrogen and oxygen atoms in total. The van der Waals surface area contributed by atoms with Crippen LogP contribution < -0.4 is 5.73 Å². The summed E-state index contributed by atoms with van der Waals surface area (Å²) >= 11 is 1.20. The monoisotopic (exact) mass is 325 g/mol. The summed E-state index contributed by atoms with van der Waals surface area (Å²) in [6.07, 6.45) is -9.50. The quantitative estimate of drug-likeness (QED) is 0.786. The maximum Gasteiger partial charge on any atom is 0.416 e. The Balaban J connectivity index is 2.59. The highest BCUT2D eigenvalue weighted by molar-refractivity contribution is 7.08. The lowest BCUT2D eigenvalue weighted by molar-refractivity contribution is -0.142. The third kappa shape index (κ3) is 3.38. The van der Waals surface area contributed by atoms with Crippen LogP contribution in [0.3, 0.4) is 0 Å². The molecule has 0 bridgehead atoms. The first-order valence-corrected chi connectivity index (χ1v) is 6.61. The first kappa shape index (κ1) is 15.8. The molecule has 0 saturated carbocycles. The van der Waals surface area contributed by atoms with Crippen molar-refractivity contribution in [1.29, 1.82) is 0 Å². The van der Waals surface area contributed by atoms with Crippen LogP contribution in [0.1, 0.15) is 28.3 Å². The van der Waals surface area contributed by atoms with Gasteiger partial charge in [0.1, 0.15) is 0 Å². The zero-order valence-corrected chi connectivity index (χ0v) is 11.1. The van der Waals surface area contributed by atoms with Crippen molar-refractivity contribution in [1.82, 2.24) is 0 Å².